The zero-order valence-corrected chi connectivity index (χ0v) is 9.89. The van der Waals surface area contributed by atoms with Crippen LogP contribution in [-0.4, -0.2) is 4.98 Å². The lowest BCUT2D eigenvalue weighted by Gasteiger charge is -2.02. The van der Waals surface area contributed by atoms with Gasteiger partial charge in [0.2, 0.25) is 0 Å². The number of thiophene rings is 1. The second kappa shape index (κ2) is 3.70. The Kier molecular flexibility index (Phi) is 2.52. The largest absolute Gasteiger partial charge is 0.423 e. The Balaban J connectivity index is 2.57. The van der Waals surface area contributed by atoms with Gasteiger partial charge < -0.3 is 10.2 Å². The van der Waals surface area contributed by atoms with Gasteiger partial charge in [0.1, 0.15) is 0 Å². The molecule has 0 radical (unpaired) electrons. The monoisotopic (exact) mass is 222 g/mol. The van der Waals surface area contributed by atoms with Crippen molar-refractivity contribution in [3.63, 3.8) is 0 Å². The summed E-state index contributed by atoms with van der Waals surface area (Å²) in [6.07, 6.45) is 0. The molecule has 0 atom stereocenters. The van der Waals surface area contributed by atoms with Gasteiger partial charge in [0.15, 0.2) is 5.76 Å². The van der Waals surface area contributed by atoms with Crippen LogP contribution in [0.2, 0.25) is 0 Å². The maximum absolute atomic E-state index is 5.60. The van der Waals surface area contributed by atoms with Gasteiger partial charge in [0.05, 0.1) is 10.6 Å². The van der Waals surface area contributed by atoms with Gasteiger partial charge in [-0.1, -0.05) is 13.8 Å². The van der Waals surface area contributed by atoms with Gasteiger partial charge in [-0.25, -0.2) is 0 Å². The van der Waals surface area contributed by atoms with Crippen molar-refractivity contribution < 1.29 is 4.42 Å². The van der Waals surface area contributed by atoms with E-state index in [1.165, 1.54) is 5.56 Å². The number of nitrogens with zero attached hydrogens (tertiary/aromatic N) is 1. The summed E-state index contributed by atoms with van der Waals surface area (Å²) in [5.41, 5.74) is 7.75. The molecule has 3 nitrogen and oxygen atoms in total. The van der Waals surface area contributed by atoms with Crippen molar-refractivity contribution in [3.8, 4) is 10.6 Å². The average Bonchev–Trinajstić information content (AvgIpc) is 2.71. The van der Waals surface area contributed by atoms with Crippen molar-refractivity contribution in [1.82, 2.24) is 4.98 Å². The minimum Gasteiger partial charge on any atom is -0.423 e. The number of oxazole rings is 1. The molecular formula is C11H14N2OS. The van der Waals surface area contributed by atoms with E-state index in [1.54, 1.807) is 11.3 Å². The van der Waals surface area contributed by atoms with Crippen LogP contribution in [-0.2, 0) is 0 Å². The van der Waals surface area contributed by atoms with E-state index in [-0.39, 0.29) is 6.01 Å². The molecule has 80 valence electrons. The molecule has 0 unspecified atom stereocenters. The quantitative estimate of drug-likeness (QED) is 0.847. The fourth-order valence-electron chi connectivity index (χ4n) is 1.51. The molecule has 0 bridgehead atoms. The van der Waals surface area contributed by atoms with Crippen molar-refractivity contribution >= 4 is 17.4 Å². The third-order valence-corrected chi connectivity index (χ3v) is 3.30. The van der Waals surface area contributed by atoms with E-state index in [4.69, 9.17) is 10.2 Å². The number of hydrogen-bond donors (Lipinski definition) is 1. The molecule has 0 fully saturated rings. The molecule has 2 N–H and O–H groups in total. The van der Waals surface area contributed by atoms with Crippen molar-refractivity contribution in [3.05, 3.63) is 22.7 Å². The highest BCUT2D eigenvalue weighted by Crippen LogP contribution is 2.35. The molecule has 0 saturated heterocycles. The first kappa shape index (κ1) is 10.2. The van der Waals surface area contributed by atoms with Gasteiger partial charge >= 0.3 is 0 Å². The maximum Gasteiger partial charge on any atom is 0.292 e. The first-order chi connectivity index (χ1) is 7.09. The average molecular weight is 222 g/mol. The Morgan fingerprint density at radius 2 is 2.20 bits per heavy atom. The third kappa shape index (κ3) is 1.77. The zero-order valence-electron chi connectivity index (χ0n) is 9.07. The van der Waals surface area contributed by atoms with Gasteiger partial charge in [0, 0.05) is 0 Å². The summed E-state index contributed by atoms with van der Waals surface area (Å²) >= 11 is 1.66. The molecule has 0 aliphatic rings. The Hall–Kier alpha value is -1.29. The molecular weight excluding hydrogens is 208 g/mol. The summed E-state index contributed by atoms with van der Waals surface area (Å²) in [4.78, 5) is 5.35. The van der Waals surface area contributed by atoms with E-state index >= 15 is 0 Å². The maximum atomic E-state index is 5.60. The van der Waals surface area contributed by atoms with Crippen molar-refractivity contribution in [2.75, 3.05) is 5.73 Å². The lowest BCUT2D eigenvalue weighted by molar-refractivity contribution is 0.593. The van der Waals surface area contributed by atoms with E-state index < -0.39 is 0 Å². The van der Waals surface area contributed by atoms with Gasteiger partial charge in [0.25, 0.3) is 6.01 Å². The number of hydrogen-bond acceptors (Lipinski definition) is 4. The SMILES string of the molecule is Cc1ccsc1-c1oc(N)nc1C(C)C. The second-order valence-electron chi connectivity index (χ2n) is 3.85. The summed E-state index contributed by atoms with van der Waals surface area (Å²) in [6, 6.07) is 2.32. The van der Waals surface area contributed by atoms with Gasteiger partial charge in [-0.3, -0.25) is 0 Å². The molecule has 0 aliphatic heterocycles. The second-order valence-corrected chi connectivity index (χ2v) is 4.77. The van der Waals surface area contributed by atoms with Crippen LogP contribution in [0.1, 0.15) is 31.0 Å². The molecule has 0 amide bonds. The molecule has 2 rings (SSSR count). The van der Waals surface area contributed by atoms with Crippen LogP contribution >= 0.6 is 11.3 Å². The Morgan fingerprint density at radius 3 is 2.73 bits per heavy atom. The van der Waals surface area contributed by atoms with Crippen LogP contribution in [0.4, 0.5) is 6.01 Å². The molecule has 0 spiro atoms. The molecule has 2 aromatic rings. The summed E-state index contributed by atoms with van der Waals surface area (Å²) in [7, 11) is 0. The van der Waals surface area contributed by atoms with Crippen LogP contribution in [0.3, 0.4) is 0 Å². The summed E-state index contributed by atoms with van der Waals surface area (Å²) in [5.74, 6) is 1.15. The van der Waals surface area contributed by atoms with Crippen molar-refractivity contribution in [2.24, 2.45) is 0 Å². The topological polar surface area (TPSA) is 52.0 Å². The fourth-order valence-corrected chi connectivity index (χ4v) is 2.42. The van der Waals surface area contributed by atoms with Crippen molar-refractivity contribution in [2.45, 2.75) is 26.7 Å². The summed E-state index contributed by atoms with van der Waals surface area (Å²) in [6.45, 7) is 6.24. The Morgan fingerprint density at radius 1 is 1.47 bits per heavy atom. The van der Waals surface area contributed by atoms with Gasteiger partial charge in [-0.15, -0.1) is 11.3 Å². The highest BCUT2D eigenvalue weighted by Gasteiger charge is 2.18. The smallest absolute Gasteiger partial charge is 0.292 e. The van der Waals surface area contributed by atoms with Crippen LogP contribution in [0.5, 0.6) is 0 Å². The minimum atomic E-state index is 0.251. The number of nitrogens with two attached hydrogens (primary N) is 1. The molecule has 0 aromatic carbocycles. The van der Waals surface area contributed by atoms with E-state index in [2.05, 4.69) is 31.8 Å². The first-order valence-corrected chi connectivity index (χ1v) is 5.78. The van der Waals surface area contributed by atoms with E-state index in [9.17, 15) is 0 Å². The predicted octanol–water partition coefficient (Wildman–Crippen LogP) is 3.42. The number of aryl methyl sites for hydroxylation is 1. The Bertz CT molecular complexity index is 471. The lowest BCUT2D eigenvalue weighted by atomic mass is 10.1. The fraction of sp³-hybridized carbons (Fsp3) is 0.364. The number of anilines is 1. The van der Waals surface area contributed by atoms with Crippen LogP contribution in [0.25, 0.3) is 10.6 Å². The Labute approximate surface area is 92.9 Å². The molecule has 4 heteroatoms. The lowest BCUT2D eigenvalue weighted by Crippen LogP contribution is -1.91. The van der Waals surface area contributed by atoms with Crippen LogP contribution < -0.4 is 5.73 Å². The molecule has 2 aromatic heterocycles. The van der Waals surface area contributed by atoms with Crippen molar-refractivity contribution in [1.29, 1.82) is 0 Å². The summed E-state index contributed by atoms with van der Waals surface area (Å²) in [5, 5.41) is 2.05. The van der Waals surface area contributed by atoms with E-state index in [0.29, 0.717) is 5.92 Å². The van der Waals surface area contributed by atoms with Crippen LogP contribution in [0, 0.1) is 6.92 Å². The first-order valence-electron chi connectivity index (χ1n) is 4.90. The third-order valence-electron chi connectivity index (χ3n) is 2.29. The summed E-state index contributed by atoms with van der Waals surface area (Å²) < 4.78 is 5.48. The van der Waals surface area contributed by atoms with E-state index in [1.807, 2.05) is 5.38 Å². The normalized spacial score (nSPS) is 11.2. The van der Waals surface area contributed by atoms with Crippen LogP contribution in [0.15, 0.2) is 15.9 Å². The molecule has 2 heterocycles. The molecule has 15 heavy (non-hydrogen) atoms. The molecule has 0 saturated carbocycles. The van der Waals surface area contributed by atoms with Gasteiger partial charge in [-0.2, -0.15) is 4.98 Å². The van der Waals surface area contributed by atoms with Gasteiger partial charge in [-0.05, 0) is 29.9 Å². The number of nitrogen functional groups attached to an aromatic ring is 1. The standard InChI is InChI=1S/C11H14N2OS/c1-6(2)8-9(14-11(12)13-8)10-7(3)4-5-15-10/h4-6H,1-3H3,(H2,12,13). The minimum absolute atomic E-state index is 0.251. The number of aromatic nitrogens is 1. The highest BCUT2D eigenvalue weighted by atomic mass is 32.1. The molecule has 0 aliphatic carbocycles. The zero-order chi connectivity index (χ0) is 11.0. The highest BCUT2D eigenvalue weighted by molar-refractivity contribution is 7.13. The predicted molar refractivity (Wildman–Crippen MR) is 63.1 cm³/mol. The number of rotatable bonds is 2. The van der Waals surface area contributed by atoms with E-state index in [0.717, 1.165) is 16.3 Å².